The molecule has 0 amide bonds. The zero-order valence-corrected chi connectivity index (χ0v) is 16.0. The molecule has 0 fully saturated rings. The number of hydrogen-bond acceptors (Lipinski definition) is 5. The quantitative estimate of drug-likeness (QED) is 0.479. The number of nitrogens with two attached hydrogens (primary N) is 1. The molecule has 138 valence electrons. The van der Waals surface area contributed by atoms with E-state index in [1.165, 1.54) is 6.42 Å². The summed E-state index contributed by atoms with van der Waals surface area (Å²) in [6.07, 6.45) is 2.94. The third-order valence-corrected chi connectivity index (χ3v) is 4.80. The first-order valence-electron chi connectivity index (χ1n) is 8.92. The van der Waals surface area contributed by atoms with Crippen LogP contribution in [0.5, 0.6) is 0 Å². The highest BCUT2D eigenvalue weighted by Gasteiger charge is 2.26. The third-order valence-electron chi connectivity index (χ3n) is 4.80. The minimum Gasteiger partial charge on any atom is -0.378 e. The summed E-state index contributed by atoms with van der Waals surface area (Å²) in [6, 6.07) is 0. The van der Waals surface area contributed by atoms with Gasteiger partial charge in [-0.25, -0.2) is 0 Å². The van der Waals surface area contributed by atoms with E-state index in [4.69, 9.17) is 15.2 Å². The van der Waals surface area contributed by atoms with Crippen LogP contribution in [0, 0.1) is 5.92 Å². The van der Waals surface area contributed by atoms with Gasteiger partial charge in [0.05, 0.1) is 25.4 Å². The van der Waals surface area contributed by atoms with E-state index in [2.05, 4.69) is 33.0 Å². The molecule has 0 heterocycles. The van der Waals surface area contributed by atoms with Crippen LogP contribution >= 0.6 is 0 Å². The molecule has 0 saturated carbocycles. The van der Waals surface area contributed by atoms with Crippen LogP contribution in [0.25, 0.3) is 0 Å². The highest BCUT2D eigenvalue weighted by atomic mass is 16.5. The first kappa shape index (κ1) is 22.5. The molecular weight excluding hydrogens is 292 g/mol. The molecule has 0 spiro atoms. The molecule has 0 aliphatic carbocycles. The standard InChI is InChI=1S/C18H38N2O3/c1-7-9-18(6,15(3)4)20-10-11-22-12-13-23-14-16(21)17(5,19)8-2/h15,20H,7-14,19H2,1-6H3. The number of Topliss-reactive ketones (excluding diaryl/α,β-unsaturated/α-hetero) is 1. The van der Waals surface area contributed by atoms with Crippen LogP contribution in [0.3, 0.4) is 0 Å². The lowest BCUT2D eigenvalue weighted by Crippen LogP contribution is -2.48. The van der Waals surface area contributed by atoms with Crippen molar-refractivity contribution in [3.05, 3.63) is 0 Å². The minimum absolute atomic E-state index is 0.0599. The van der Waals surface area contributed by atoms with Crippen LogP contribution < -0.4 is 11.1 Å². The van der Waals surface area contributed by atoms with Gasteiger partial charge in [-0.15, -0.1) is 0 Å². The Labute approximate surface area is 142 Å². The van der Waals surface area contributed by atoms with Crippen molar-refractivity contribution >= 4 is 5.78 Å². The van der Waals surface area contributed by atoms with Gasteiger partial charge in [0.1, 0.15) is 6.61 Å². The molecule has 23 heavy (non-hydrogen) atoms. The SMILES string of the molecule is CCCC(C)(NCCOCCOCC(=O)C(C)(N)CC)C(C)C. The first-order valence-corrected chi connectivity index (χ1v) is 8.92. The van der Waals surface area contributed by atoms with Crippen molar-refractivity contribution in [3.8, 4) is 0 Å². The van der Waals surface area contributed by atoms with Gasteiger partial charge in [0.15, 0.2) is 5.78 Å². The average molecular weight is 331 g/mol. The fraction of sp³-hybridized carbons (Fsp3) is 0.944. The smallest absolute Gasteiger partial charge is 0.177 e. The second-order valence-electron chi connectivity index (χ2n) is 7.11. The van der Waals surface area contributed by atoms with Crippen molar-refractivity contribution in [1.29, 1.82) is 0 Å². The molecule has 2 atom stereocenters. The predicted octanol–water partition coefficient (Wildman–Crippen LogP) is 2.52. The van der Waals surface area contributed by atoms with Crippen LogP contribution in [0.1, 0.15) is 60.8 Å². The molecule has 0 aliphatic heterocycles. The Morgan fingerprint density at radius 3 is 2.26 bits per heavy atom. The van der Waals surface area contributed by atoms with Gasteiger partial charge in [-0.3, -0.25) is 4.79 Å². The number of rotatable bonds is 14. The number of hydrogen-bond donors (Lipinski definition) is 2. The molecule has 0 bridgehead atoms. The molecule has 5 heteroatoms. The number of ether oxygens (including phenoxy) is 2. The molecule has 0 aromatic heterocycles. The van der Waals surface area contributed by atoms with Gasteiger partial charge in [-0.2, -0.15) is 0 Å². The molecule has 0 radical (unpaired) electrons. The summed E-state index contributed by atoms with van der Waals surface area (Å²) in [5.74, 6) is 0.523. The zero-order valence-electron chi connectivity index (χ0n) is 16.0. The summed E-state index contributed by atoms with van der Waals surface area (Å²) in [6.45, 7) is 15.1. The summed E-state index contributed by atoms with van der Waals surface area (Å²) in [5, 5.41) is 3.60. The van der Waals surface area contributed by atoms with Crippen LogP contribution in [-0.2, 0) is 14.3 Å². The third kappa shape index (κ3) is 8.80. The van der Waals surface area contributed by atoms with E-state index < -0.39 is 5.54 Å². The van der Waals surface area contributed by atoms with E-state index in [1.807, 2.05) is 6.92 Å². The van der Waals surface area contributed by atoms with Crippen LogP contribution in [-0.4, -0.2) is 49.8 Å². The maximum absolute atomic E-state index is 11.8. The normalized spacial score (nSPS) is 17.0. The molecule has 3 N–H and O–H groups in total. The number of carbonyl (C=O) groups is 1. The molecule has 0 aromatic carbocycles. The molecule has 0 rings (SSSR count). The van der Waals surface area contributed by atoms with Gasteiger partial charge in [0.25, 0.3) is 0 Å². The fourth-order valence-corrected chi connectivity index (χ4v) is 2.26. The topological polar surface area (TPSA) is 73.6 Å². The van der Waals surface area contributed by atoms with Crippen LogP contribution in [0.2, 0.25) is 0 Å². The number of carbonyl (C=O) groups excluding carboxylic acids is 1. The summed E-state index contributed by atoms with van der Waals surface area (Å²) in [7, 11) is 0. The Morgan fingerprint density at radius 1 is 1.13 bits per heavy atom. The minimum atomic E-state index is -0.786. The zero-order chi connectivity index (χ0) is 17.9. The average Bonchev–Trinajstić information content (AvgIpc) is 2.49. The molecular formula is C18H38N2O3. The Bertz CT molecular complexity index is 332. The van der Waals surface area contributed by atoms with E-state index in [0.717, 1.165) is 13.0 Å². The van der Waals surface area contributed by atoms with Crippen molar-refractivity contribution in [1.82, 2.24) is 5.32 Å². The maximum atomic E-state index is 11.8. The molecule has 5 nitrogen and oxygen atoms in total. The van der Waals surface area contributed by atoms with Crippen molar-refractivity contribution in [2.24, 2.45) is 11.7 Å². The van der Waals surface area contributed by atoms with E-state index in [1.54, 1.807) is 6.92 Å². The molecule has 0 saturated heterocycles. The lowest BCUT2D eigenvalue weighted by atomic mass is 9.84. The lowest BCUT2D eigenvalue weighted by molar-refractivity contribution is -0.128. The fourth-order valence-electron chi connectivity index (χ4n) is 2.26. The number of ketones is 1. The van der Waals surface area contributed by atoms with Gasteiger partial charge in [-0.05, 0) is 32.6 Å². The van der Waals surface area contributed by atoms with Gasteiger partial charge < -0.3 is 20.5 Å². The molecule has 0 aliphatic rings. The van der Waals surface area contributed by atoms with E-state index >= 15 is 0 Å². The Kier molecular flexibility index (Phi) is 10.9. The predicted molar refractivity (Wildman–Crippen MR) is 95.7 cm³/mol. The Hall–Kier alpha value is -0.490. The van der Waals surface area contributed by atoms with Crippen LogP contribution in [0.15, 0.2) is 0 Å². The highest BCUT2D eigenvalue weighted by Crippen LogP contribution is 2.21. The first-order chi connectivity index (χ1) is 10.7. The van der Waals surface area contributed by atoms with Crippen molar-refractivity contribution < 1.29 is 14.3 Å². The van der Waals surface area contributed by atoms with Crippen LogP contribution in [0.4, 0.5) is 0 Å². The van der Waals surface area contributed by atoms with Crippen molar-refractivity contribution in [2.45, 2.75) is 71.9 Å². The van der Waals surface area contributed by atoms with Gasteiger partial charge in [-0.1, -0.05) is 34.1 Å². The van der Waals surface area contributed by atoms with E-state index in [0.29, 0.717) is 32.2 Å². The maximum Gasteiger partial charge on any atom is 0.177 e. The number of nitrogens with one attached hydrogen (secondary N) is 1. The van der Waals surface area contributed by atoms with E-state index in [9.17, 15) is 4.79 Å². The second-order valence-corrected chi connectivity index (χ2v) is 7.11. The van der Waals surface area contributed by atoms with Gasteiger partial charge in [0, 0.05) is 12.1 Å². The van der Waals surface area contributed by atoms with E-state index in [-0.39, 0.29) is 17.9 Å². The highest BCUT2D eigenvalue weighted by molar-refractivity contribution is 5.88. The Morgan fingerprint density at radius 2 is 1.74 bits per heavy atom. The second kappa shape index (κ2) is 11.1. The lowest BCUT2D eigenvalue weighted by Gasteiger charge is -2.35. The monoisotopic (exact) mass is 330 g/mol. The summed E-state index contributed by atoms with van der Waals surface area (Å²) in [4.78, 5) is 11.8. The molecule has 2 unspecified atom stereocenters. The summed E-state index contributed by atoms with van der Waals surface area (Å²) >= 11 is 0. The van der Waals surface area contributed by atoms with Gasteiger partial charge in [0.2, 0.25) is 0 Å². The van der Waals surface area contributed by atoms with Gasteiger partial charge >= 0.3 is 0 Å². The largest absolute Gasteiger partial charge is 0.378 e. The van der Waals surface area contributed by atoms with Crippen molar-refractivity contribution in [3.63, 3.8) is 0 Å². The summed E-state index contributed by atoms with van der Waals surface area (Å²) < 4.78 is 10.9. The Balaban J connectivity index is 3.73. The van der Waals surface area contributed by atoms with Crippen molar-refractivity contribution in [2.75, 3.05) is 33.0 Å². The molecule has 0 aromatic rings. The summed E-state index contributed by atoms with van der Waals surface area (Å²) in [5.41, 5.74) is 5.23.